The number of carbonyl (C=O) groups excluding carboxylic acids is 1. The normalized spacial score (nSPS) is 9.17. The third-order valence-electron chi connectivity index (χ3n) is 2.18. The highest BCUT2D eigenvalue weighted by Crippen LogP contribution is 2.03. The number of hydrogen-bond donors (Lipinski definition) is 0. The van der Waals surface area contributed by atoms with Gasteiger partial charge in [-0.15, -0.1) is 0 Å². The molecule has 0 bridgehead atoms. The van der Waals surface area contributed by atoms with Gasteiger partial charge in [-0.25, -0.2) is 9.78 Å². The molecule has 0 aliphatic heterocycles. The Kier molecular flexibility index (Phi) is 3.67. The lowest BCUT2D eigenvalue weighted by atomic mass is 10.2. The predicted molar refractivity (Wildman–Crippen MR) is 65.8 cm³/mol. The van der Waals surface area contributed by atoms with Crippen LogP contribution < -0.4 is 0 Å². The lowest BCUT2D eigenvalue weighted by molar-refractivity contribution is 0.0600. The first-order chi connectivity index (χ1) is 8.79. The molecule has 0 fully saturated rings. The molecule has 2 rings (SSSR count). The maximum absolute atomic E-state index is 11.3. The minimum Gasteiger partial charge on any atom is -0.465 e. The number of hydrogen-bond acceptors (Lipinski definition) is 4. The van der Waals surface area contributed by atoms with Crippen molar-refractivity contribution in [2.24, 2.45) is 0 Å². The van der Waals surface area contributed by atoms with Gasteiger partial charge in [0.25, 0.3) is 0 Å². The van der Waals surface area contributed by atoms with E-state index in [2.05, 4.69) is 26.5 Å². The van der Waals surface area contributed by atoms with E-state index in [0.29, 0.717) is 11.3 Å². The molecule has 0 spiro atoms. The molecule has 0 saturated carbocycles. The molecule has 0 radical (unpaired) electrons. The highest BCUT2D eigenvalue weighted by Gasteiger charge is 2.04. The van der Waals surface area contributed by atoms with E-state index in [1.54, 1.807) is 24.5 Å². The SMILES string of the molecule is COC(=O)c1ccnc(C#Cc2cccnc2)c1. The molecule has 2 aromatic rings. The fraction of sp³-hybridized carbons (Fsp3) is 0.0714. The topological polar surface area (TPSA) is 52.1 Å². The second kappa shape index (κ2) is 5.60. The van der Waals surface area contributed by atoms with Gasteiger partial charge in [-0.3, -0.25) is 4.98 Å². The molecule has 18 heavy (non-hydrogen) atoms. The Balaban J connectivity index is 2.25. The maximum Gasteiger partial charge on any atom is 0.338 e. The monoisotopic (exact) mass is 238 g/mol. The van der Waals surface area contributed by atoms with Crippen LogP contribution >= 0.6 is 0 Å². The van der Waals surface area contributed by atoms with Crippen LogP contribution in [0.15, 0.2) is 42.9 Å². The summed E-state index contributed by atoms with van der Waals surface area (Å²) in [6.07, 6.45) is 4.87. The molecule has 0 amide bonds. The zero-order valence-corrected chi connectivity index (χ0v) is 9.75. The van der Waals surface area contributed by atoms with Crippen LogP contribution in [0.2, 0.25) is 0 Å². The Morgan fingerprint density at radius 2 is 2.17 bits per heavy atom. The van der Waals surface area contributed by atoms with Crippen LogP contribution in [0.5, 0.6) is 0 Å². The lowest BCUT2D eigenvalue weighted by Crippen LogP contribution is -2.01. The van der Waals surface area contributed by atoms with E-state index in [1.807, 2.05) is 12.1 Å². The standard InChI is InChI=1S/C14H10N2O2/c1-18-14(17)12-6-8-16-13(9-12)5-4-11-3-2-7-15-10-11/h2-3,6-10H,1H3. The molecular formula is C14H10N2O2. The summed E-state index contributed by atoms with van der Waals surface area (Å²) in [5.41, 5.74) is 1.74. The van der Waals surface area contributed by atoms with E-state index in [-0.39, 0.29) is 0 Å². The quantitative estimate of drug-likeness (QED) is 0.560. The van der Waals surface area contributed by atoms with Gasteiger partial charge in [0.1, 0.15) is 5.69 Å². The number of rotatable bonds is 1. The van der Waals surface area contributed by atoms with E-state index in [1.165, 1.54) is 13.3 Å². The van der Waals surface area contributed by atoms with Gasteiger partial charge in [0.15, 0.2) is 0 Å². The summed E-state index contributed by atoms with van der Waals surface area (Å²) >= 11 is 0. The molecule has 88 valence electrons. The number of ether oxygens (including phenoxy) is 1. The van der Waals surface area contributed by atoms with Gasteiger partial charge in [-0.2, -0.15) is 0 Å². The molecular weight excluding hydrogens is 228 g/mol. The minimum absolute atomic E-state index is 0.401. The zero-order valence-electron chi connectivity index (χ0n) is 9.75. The number of pyridine rings is 2. The molecule has 4 heteroatoms. The number of nitrogens with zero attached hydrogens (tertiary/aromatic N) is 2. The average molecular weight is 238 g/mol. The summed E-state index contributed by atoms with van der Waals surface area (Å²) < 4.78 is 4.63. The second-order valence-corrected chi connectivity index (χ2v) is 3.41. The lowest BCUT2D eigenvalue weighted by Gasteiger charge is -1.98. The first-order valence-electron chi connectivity index (χ1n) is 5.26. The summed E-state index contributed by atoms with van der Waals surface area (Å²) in [4.78, 5) is 19.4. The molecule has 0 aromatic carbocycles. The van der Waals surface area contributed by atoms with E-state index in [9.17, 15) is 4.79 Å². The Morgan fingerprint density at radius 3 is 2.89 bits per heavy atom. The van der Waals surface area contributed by atoms with Crippen molar-refractivity contribution in [2.45, 2.75) is 0 Å². The van der Waals surface area contributed by atoms with Gasteiger partial charge in [-0.1, -0.05) is 5.92 Å². The molecule has 0 aliphatic rings. The van der Waals surface area contributed by atoms with Crippen molar-refractivity contribution in [1.29, 1.82) is 0 Å². The van der Waals surface area contributed by atoms with E-state index < -0.39 is 5.97 Å². The fourth-order valence-electron chi connectivity index (χ4n) is 1.32. The molecule has 0 aliphatic carbocycles. The third-order valence-corrected chi connectivity index (χ3v) is 2.18. The molecule has 0 saturated heterocycles. The predicted octanol–water partition coefficient (Wildman–Crippen LogP) is 1.66. The van der Waals surface area contributed by atoms with Crippen molar-refractivity contribution >= 4 is 5.97 Å². The Hall–Kier alpha value is -2.67. The van der Waals surface area contributed by atoms with Crippen LogP contribution in [0.25, 0.3) is 0 Å². The van der Waals surface area contributed by atoms with Crippen LogP contribution in [0.4, 0.5) is 0 Å². The highest BCUT2D eigenvalue weighted by molar-refractivity contribution is 5.89. The Labute approximate surface area is 105 Å². The van der Waals surface area contributed by atoms with Gasteiger partial charge in [0.2, 0.25) is 0 Å². The number of carbonyl (C=O) groups is 1. The number of aromatic nitrogens is 2. The average Bonchev–Trinajstić information content (AvgIpc) is 2.45. The van der Waals surface area contributed by atoms with Gasteiger partial charge in [-0.05, 0) is 30.2 Å². The Bertz CT molecular complexity index is 612. The van der Waals surface area contributed by atoms with Crippen molar-refractivity contribution in [2.75, 3.05) is 7.11 Å². The van der Waals surface area contributed by atoms with Crippen molar-refractivity contribution in [3.63, 3.8) is 0 Å². The summed E-state index contributed by atoms with van der Waals surface area (Å²) in [6, 6.07) is 6.84. The second-order valence-electron chi connectivity index (χ2n) is 3.41. The van der Waals surface area contributed by atoms with Crippen LogP contribution in [-0.2, 0) is 4.74 Å². The largest absolute Gasteiger partial charge is 0.465 e. The van der Waals surface area contributed by atoms with Crippen molar-refractivity contribution in [1.82, 2.24) is 9.97 Å². The van der Waals surface area contributed by atoms with Crippen LogP contribution in [-0.4, -0.2) is 23.0 Å². The summed E-state index contributed by atoms with van der Waals surface area (Å²) in [5.74, 6) is 5.39. The van der Waals surface area contributed by atoms with Crippen molar-refractivity contribution in [3.8, 4) is 11.8 Å². The van der Waals surface area contributed by atoms with E-state index in [4.69, 9.17) is 0 Å². The Morgan fingerprint density at radius 1 is 1.28 bits per heavy atom. The van der Waals surface area contributed by atoms with E-state index >= 15 is 0 Å². The van der Waals surface area contributed by atoms with Gasteiger partial charge < -0.3 is 4.74 Å². The minimum atomic E-state index is -0.401. The highest BCUT2D eigenvalue weighted by atomic mass is 16.5. The van der Waals surface area contributed by atoms with Crippen LogP contribution in [0.1, 0.15) is 21.6 Å². The van der Waals surface area contributed by atoms with Gasteiger partial charge in [0, 0.05) is 24.2 Å². The van der Waals surface area contributed by atoms with Crippen LogP contribution in [0, 0.1) is 11.8 Å². The molecule has 0 N–H and O–H groups in total. The van der Waals surface area contributed by atoms with E-state index in [0.717, 1.165) is 5.56 Å². The fourth-order valence-corrected chi connectivity index (χ4v) is 1.32. The first kappa shape index (κ1) is 11.8. The van der Waals surface area contributed by atoms with Crippen LogP contribution in [0.3, 0.4) is 0 Å². The molecule has 0 atom stereocenters. The number of methoxy groups -OCH3 is 1. The van der Waals surface area contributed by atoms with Crippen molar-refractivity contribution in [3.05, 3.63) is 59.7 Å². The molecule has 4 nitrogen and oxygen atoms in total. The molecule has 2 aromatic heterocycles. The number of esters is 1. The summed E-state index contributed by atoms with van der Waals surface area (Å²) in [6.45, 7) is 0. The van der Waals surface area contributed by atoms with Gasteiger partial charge in [0.05, 0.1) is 12.7 Å². The zero-order chi connectivity index (χ0) is 12.8. The summed E-state index contributed by atoms with van der Waals surface area (Å²) in [7, 11) is 1.34. The van der Waals surface area contributed by atoms with Gasteiger partial charge >= 0.3 is 5.97 Å². The smallest absolute Gasteiger partial charge is 0.338 e. The molecule has 0 unspecified atom stereocenters. The maximum atomic E-state index is 11.3. The third kappa shape index (κ3) is 2.92. The molecule has 2 heterocycles. The summed E-state index contributed by atoms with van der Waals surface area (Å²) in [5, 5.41) is 0. The van der Waals surface area contributed by atoms with Crippen molar-refractivity contribution < 1.29 is 9.53 Å². The first-order valence-corrected chi connectivity index (χ1v) is 5.26.